The maximum absolute atomic E-state index is 11.9. The summed E-state index contributed by atoms with van der Waals surface area (Å²) in [6, 6.07) is -0.542. The lowest BCUT2D eigenvalue weighted by molar-refractivity contribution is -0.127. The average Bonchev–Trinajstić information content (AvgIpc) is 2.85. The van der Waals surface area contributed by atoms with Crippen LogP contribution in [0.2, 0.25) is 0 Å². The molecule has 2 N–H and O–H groups in total. The van der Waals surface area contributed by atoms with Crippen LogP contribution in [0.1, 0.15) is 26.7 Å². The standard InChI is InChI=1S/C13H25N3O2S/c1-10(8-16-5-3-4-6-16)7-14-13(18)12(9-19)15-11(2)17/h10,12,19H,3-9H2,1-2H3,(H,14,18)(H,15,17). The third-order valence-corrected chi connectivity index (χ3v) is 3.64. The van der Waals surface area contributed by atoms with Crippen LogP contribution in [-0.4, -0.2) is 54.7 Å². The van der Waals surface area contributed by atoms with Gasteiger partial charge < -0.3 is 15.5 Å². The van der Waals surface area contributed by atoms with Crippen molar-refractivity contribution in [3.05, 3.63) is 0 Å². The average molecular weight is 287 g/mol. The zero-order valence-electron chi connectivity index (χ0n) is 11.8. The molecule has 0 radical (unpaired) electrons. The molecule has 0 saturated carbocycles. The number of hydrogen-bond donors (Lipinski definition) is 3. The van der Waals surface area contributed by atoms with Gasteiger partial charge in [0.1, 0.15) is 6.04 Å². The van der Waals surface area contributed by atoms with Crippen molar-refractivity contribution in [2.45, 2.75) is 32.7 Å². The van der Waals surface area contributed by atoms with Gasteiger partial charge in [-0.15, -0.1) is 0 Å². The van der Waals surface area contributed by atoms with Crippen LogP contribution in [0.3, 0.4) is 0 Å². The smallest absolute Gasteiger partial charge is 0.243 e. The lowest BCUT2D eigenvalue weighted by Gasteiger charge is -2.22. The van der Waals surface area contributed by atoms with E-state index in [0.29, 0.717) is 18.2 Å². The molecule has 1 aliphatic rings. The Morgan fingerprint density at radius 2 is 1.95 bits per heavy atom. The van der Waals surface area contributed by atoms with Gasteiger partial charge in [0.2, 0.25) is 11.8 Å². The van der Waals surface area contributed by atoms with Gasteiger partial charge in [0.15, 0.2) is 0 Å². The van der Waals surface area contributed by atoms with E-state index in [1.165, 1.54) is 32.9 Å². The maximum Gasteiger partial charge on any atom is 0.243 e. The highest BCUT2D eigenvalue weighted by molar-refractivity contribution is 7.80. The SMILES string of the molecule is CC(=O)NC(CS)C(=O)NCC(C)CN1CCCC1. The zero-order valence-corrected chi connectivity index (χ0v) is 12.7. The molecule has 6 heteroatoms. The second kappa shape index (κ2) is 8.43. The van der Waals surface area contributed by atoms with Crippen molar-refractivity contribution in [1.29, 1.82) is 0 Å². The van der Waals surface area contributed by atoms with Crippen LogP contribution in [0.4, 0.5) is 0 Å². The molecule has 110 valence electrons. The Hall–Kier alpha value is -0.750. The van der Waals surface area contributed by atoms with Crippen molar-refractivity contribution in [1.82, 2.24) is 15.5 Å². The number of rotatable bonds is 7. The first-order chi connectivity index (χ1) is 9.02. The Morgan fingerprint density at radius 1 is 1.32 bits per heavy atom. The van der Waals surface area contributed by atoms with Gasteiger partial charge in [-0.3, -0.25) is 9.59 Å². The van der Waals surface area contributed by atoms with Gasteiger partial charge in [-0.05, 0) is 31.8 Å². The largest absolute Gasteiger partial charge is 0.354 e. The van der Waals surface area contributed by atoms with Crippen LogP contribution in [-0.2, 0) is 9.59 Å². The maximum atomic E-state index is 11.9. The van der Waals surface area contributed by atoms with Gasteiger partial charge in [-0.25, -0.2) is 0 Å². The topological polar surface area (TPSA) is 61.4 Å². The number of carbonyl (C=O) groups is 2. The van der Waals surface area contributed by atoms with Crippen molar-refractivity contribution in [3.8, 4) is 0 Å². The minimum Gasteiger partial charge on any atom is -0.354 e. The first-order valence-electron chi connectivity index (χ1n) is 6.91. The molecule has 0 aromatic heterocycles. The Labute approximate surface area is 120 Å². The molecule has 2 atom stereocenters. The number of carbonyl (C=O) groups excluding carboxylic acids is 2. The van der Waals surface area contributed by atoms with Crippen LogP contribution >= 0.6 is 12.6 Å². The lowest BCUT2D eigenvalue weighted by Crippen LogP contribution is -2.48. The van der Waals surface area contributed by atoms with Crippen molar-refractivity contribution in [2.24, 2.45) is 5.92 Å². The third-order valence-electron chi connectivity index (χ3n) is 3.27. The van der Waals surface area contributed by atoms with Gasteiger partial charge in [-0.2, -0.15) is 12.6 Å². The first kappa shape index (κ1) is 16.3. The van der Waals surface area contributed by atoms with E-state index in [4.69, 9.17) is 0 Å². The minimum atomic E-state index is -0.542. The summed E-state index contributed by atoms with van der Waals surface area (Å²) in [5, 5.41) is 5.47. The van der Waals surface area contributed by atoms with E-state index in [-0.39, 0.29) is 11.8 Å². The highest BCUT2D eigenvalue weighted by Crippen LogP contribution is 2.09. The van der Waals surface area contributed by atoms with Crippen molar-refractivity contribution >= 4 is 24.4 Å². The first-order valence-corrected chi connectivity index (χ1v) is 7.54. The fourth-order valence-electron chi connectivity index (χ4n) is 2.31. The molecule has 2 unspecified atom stereocenters. The lowest BCUT2D eigenvalue weighted by atomic mass is 10.1. The summed E-state index contributed by atoms with van der Waals surface area (Å²) in [6.07, 6.45) is 2.56. The summed E-state index contributed by atoms with van der Waals surface area (Å²) < 4.78 is 0. The Kier molecular flexibility index (Phi) is 7.23. The second-order valence-corrected chi connectivity index (χ2v) is 5.66. The summed E-state index contributed by atoms with van der Waals surface area (Å²) in [6.45, 7) is 7.53. The molecule has 1 aliphatic heterocycles. The Morgan fingerprint density at radius 3 is 2.47 bits per heavy atom. The molecule has 2 amide bonds. The van der Waals surface area contributed by atoms with E-state index in [2.05, 4.69) is 35.1 Å². The zero-order chi connectivity index (χ0) is 14.3. The molecule has 1 heterocycles. The molecule has 0 spiro atoms. The summed E-state index contributed by atoms with van der Waals surface area (Å²) in [4.78, 5) is 25.2. The number of hydrogen-bond acceptors (Lipinski definition) is 4. The molecule has 5 nitrogen and oxygen atoms in total. The monoisotopic (exact) mass is 287 g/mol. The number of nitrogens with zero attached hydrogens (tertiary/aromatic N) is 1. The summed E-state index contributed by atoms with van der Waals surface area (Å²) in [5.74, 6) is 0.365. The summed E-state index contributed by atoms with van der Waals surface area (Å²) in [7, 11) is 0. The fraction of sp³-hybridized carbons (Fsp3) is 0.846. The molecule has 0 bridgehead atoms. The van der Waals surface area contributed by atoms with Gasteiger partial charge in [0.25, 0.3) is 0 Å². The number of amides is 2. The van der Waals surface area contributed by atoms with E-state index in [1.807, 2.05) is 0 Å². The van der Waals surface area contributed by atoms with Crippen LogP contribution in [0, 0.1) is 5.92 Å². The van der Waals surface area contributed by atoms with E-state index in [1.54, 1.807) is 0 Å². The Bertz CT molecular complexity index is 306. The predicted octanol–water partition coefficient (Wildman–Crippen LogP) is 0.269. The van der Waals surface area contributed by atoms with Crippen molar-refractivity contribution in [3.63, 3.8) is 0 Å². The molecule has 1 saturated heterocycles. The molecule has 0 aromatic rings. The molecule has 1 fully saturated rings. The van der Waals surface area contributed by atoms with Crippen LogP contribution in [0.5, 0.6) is 0 Å². The van der Waals surface area contributed by atoms with Gasteiger partial charge >= 0.3 is 0 Å². The van der Waals surface area contributed by atoms with E-state index in [9.17, 15) is 9.59 Å². The molecule has 0 aromatic carbocycles. The molecule has 0 aliphatic carbocycles. The highest BCUT2D eigenvalue weighted by Gasteiger charge is 2.19. The number of nitrogens with one attached hydrogen (secondary N) is 2. The molecule has 19 heavy (non-hydrogen) atoms. The number of thiol groups is 1. The highest BCUT2D eigenvalue weighted by atomic mass is 32.1. The fourth-order valence-corrected chi connectivity index (χ4v) is 2.57. The summed E-state index contributed by atoms with van der Waals surface area (Å²) in [5.41, 5.74) is 0. The summed E-state index contributed by atoms with van der Waals surface area (Å²) >= 11 is 4.08. The van der Waals surface area contributed by atoms with Crippen LogP contribution in [0.25, 0.3) is 0 Å². The van der Waals surface area contributed by atoms with Crippen molar-refractivity contribution in [2.75, 3.05) is 31.9 Å². The quantitative estimate of drug-likeness (QED) is 0.589. The molecular formula is C13H25N3O2S. The van der Waals surface area contributed by atoms with E-state index < -0.39 is 6.04 Å². The molecule has 1 rings (SSSR count). The predicted molar refractivity (Wildman–Crippen MR) is 79.3 cm³/mol. The number of likely N-dealkylation sites (tertiary alicyclic amines) is 1. The molecular weight excluding hydrogens is 262 g/mol. The van der Waals surface area contributed by atoms with Gasteiger partial charge in [0.05, 0.1) is 0 Å². The minimum absolute atomic E-state index is 0.154. The third kappa shape index (κ3) is 6.29. The van der Waals surface area contributed by atoms with Crippen LogP contribution < -0.4 is 10.6 Å². The van der Waals surface area contributed by atoms with Crippen LogP contribution in [0.15, 0.2) is 0 Å². The van der Waals surface area contributed by atoms with Crippen molar-refractivity contribution < 1.29 is 9.59 Å². The normalized spacial score (nSPS) is 18.9. The second-order valence-electron chi connectivity index (χ2n) is 5.29. The van der Waals surface area contributed by atoms with Gasteiger partial charge in [0, 0.05) is 25.8 Å². The Balaban J connectivity index is 2.25. The van der Waals surface area contributed by atoms with Gasteiger partial charge in [-0.1, -0.05) is 6.92 Å². The van der Waals surface area contributed by atoms with E-state index >= 15 is 0 Å². The van der Waals surface area contributed by atoms with E-state index in [0.717, 1.165) is 6.54 Å².